The fraction of sp³-hybridized carbons (Fsp3) is 0.364. The lowest BCUT2D eigenvalue weighted by Crippen LogP contribution is -2.62. The Morgan fingerprint density at radius 2 is 1.45 bits per heavy atom. The Kier molecular flexibility index (Phi) is 8.28. The van der Waals surface area contributed by atoms with E-state index in [1.54, 1.807) is 60.7 Å². The molecule has 2 aromatic carbocycles. The van der Waals surface area contributed by atoms with E-state index in [1.165, 1.54) is 0 Å². The van der Waals surface area contributed by atoms with Gasteiger partial charge in [0.25, 0.3) is 0 Å². The van der Waals surface area contributed by atoms with Gasteiger partial charge >= 0.3 is 11.9 Å². The van der Waals surface area contributed by atoms with E-state index in [4.69, 9.17) is 25.4 Å². The van der Waals surface area contributed by atoms with Crippen molar-refractivity contribution in [2.75, 3.05) is 12.4 Å². The van der Waals surface area contributed by atoms with Crippen molar-refractivity contribution in [3.8, 4) is 0 Å². The van der Waals surface area contributed by atoms with Gasteiger partial charge in [0.1, 0.15) is 17.6 Å². The van der Waals surface area contributed by atoms with E-state index in [0.29, 0.717) is 11.3 Å². The lowest BCUT2D eigenvalue weighted by Gasteiger charge is -2.43. The number of aliphatic hydroxyl groups excluding tert-OH is 2. The summed E-state index contributed by atoms with van der Waals surface area (Å²) in [5.41, 5.74) is -0.255. The molecular formula is C22H24O7S2. The molecule has 3 rings (SSSR count). The van der Waals surface area contributed by atoms with Gasteiger partial charge in [-0.15, -0.1) is 0 Å². The van der Waals surface area contributed by atoms with Crippen LogP contribution in [-0.4, -0.2) is 64.4 Å². The minimum absolute atomic E-state index is 0.277. The van der Waals surface area contributed by atoms with Crippen molar-refractivity contribution in [3.05, 3.63) is 71.8 Å². The fourth-order valence-corrected chi connectivity index (χ4v) is 4.78. The number of benzene rings is 2. The summed E-state index contributed by atoms with van der Waals surface area (Å²) < 4.78 is 17.1. The molecule has 7 nitrogen and oxygen atoms in total. The molecule has 0 aromatic heterocycles. The largest absolute Gasteiger partial charge is 0.452 e. The van der Waals surface area contributed by atoms with Crippen molar-refractivity contribution < 1.29 is 34.0 Å². The lowest BCUT2D eigenvalue weighted by molar-refractivity contribution is -0.207. The molecule has 1 aliphatic rings. The predicted octanol–water partition coefficient (Wildman–Crippen LogP) is 1.62. The highest BCUT2D eigenvalue weighted by Gasteiger charge is 2.50. The number of rotatable bonds is 7. The van der Waals surface area contributed by atoms with E-state index in [1.807, 2.05) is 6.92 Å². The van der Waals surface area contributed by atoms with Gasteiger partial charge in [-0.1, -0.05) is 52.8 Å². The van der Waals surface area contributed by atoms with Crippen molar-refractivity contribution in [3.63, 3.8) is 0 Å². The van der Waals surface area contributed by atoms with Gasteiger partial charge in [-0.2, -0.15) is 0 Å². The second-order valence-electron chi connectivity index (χ2n) is 6.86. The third kappa shape index (κ3) is 5.55. The zero-order valence-corrected chi connectivity index (χ0v) is 18.5. The number of hydrogen-bond donors (Lipinski definition) is 2. The number of carbonyl (C=O) groups is 2. The van der Waals surface area contributed by atoms with Crippen LogP contribution in [0.5, 0.6) is 0 Å². The molecule has 1 saturated heterocycles. The van der Waals surface area contributed by atoms with Crippen LogP contribution >= 0.6 is 0 Å². The van der Waals surface area contributed by atoms with Crippen molar-refractivity contribution in [2.24, 2.45) is 0 Å². The molecule has 2 aromatic rings. The quantitative estimate of drug-likeness (QED) is 0.596. The number of aliphatic hydroxyl groups is 2. The molecule has 1 aliphatic heterocycles. The molecule has 2 N–H and O–H groups in total. The van der Waals surface area contributed by atoms with Crippen LogP contribution in [0.3, 0.4) is 0 Å². The maximum absolute atomic E-state index is 12.7. The third-order valence-corrected chi connectivity index (χ3v) is 7.59. The van der Waals surface area contributed by atoms with Crippen molar-refractivity contribution >= 4 is 32.6 Å². The van der Waals surface area contributed by atoms with E-state index in [9.17, 15) is 19.8 Å². The highest BCUT2D eigenvalue weighted by molar-refractivity contribution is 8.29. The Balaban J connectivity index is 1.93. The summed E-state index contributed by atoms with van der Waals surface area (Å²) in [5.74, 6) is -0.811. The van der Waals surface area contributed by atoms with Gasteiger partial charge in [0.15, 0.2) is 12.2 Å². The molecule has 31 heavy (non-hydrogen) atoms. The molecule has 0 bridgehead atoms. The first-order valence-electron chi connectivity index (χ1n) is 9.79. The van der Waals surface area contributed by atoms with E-state index in [0.717, 1.165) is 0 Å². The first kappa shape index (κ1) is 23.5. The smallest absolute Gasteiger partial charge is 0.338 e. The second kappa shape index (κ2) is 10.9. The van der Waals surface area contributed by atoms with Crippen LogP contribution in [0.4, 0.5) is 0 Å². The van der Waals surface area contributed by atoms with Crippen LogP contribution in [0.25, 0.3) is 0 Å². The number of hydrogen-bond acceptors (Lipinski definition) is 8. The average Bonchev–Trinajstić information content (AvgIpc) is 2.82. The van der Waals surface area contributed by atoms with Crippen molar-refractivity contribution in [2.45, 2.75) is 36.8 Å². The highest BCUT2D eigenvalue weighted by Crippen LogP contribution is 2.29. The number of carbonyl (C=O) groups excluding carboxylic acids is 2. The minimum Gasteiger partial charge on any atom is -0.452 e. The minimum atomic E-state index is -1.41. The molecule has 6 atom stereocenters. The van der Waals surface area contributed by atoms with Gasteiger partial charge in [0.2, 0.25) is 0 Å². The molecule has 0 saturated carbocycles. The Hall–Kier alpha value is -2.17. The topological polar surface area (TPSA) is 102 Å². The summed E-state index contributed by atoms with van der Waals surface area (Å²) in [6, 6.07) is 16.6. The van der Waals surface area contributed by atoms with Crippen LogP contribution in [-0.2, 0) is 34.9 Å². The summed E-state index contributed by atoms with van der Waals surface area (Å²) in [7, 11) is -0.813. The Labute approximate surface area is 187 Å². The molecule has 1 heterocycles. The van der Waals surface area contributed by atoms with Gasteiger partial charge < -0.3 is 24.4 Å². The average molecular weight is 465 g/mol. The van der Waals surface area contributed by atoms with Crippen molar-refractivity contribution in [1.29, 1.82) is 0 Å². The van der Waals surface area contributed by atoms with Gasteiger partial charge in [-0.3, -0.25) is 0 Å². The van der Waals surface area contributed by atoms with Crippen LogP contribution in [0.2, 0.25) is 0 Å². The van der Waals surface area contributed by atoms with Gasteiger partial charge in [-0.05, 0) is 41.2 Å². The Morgan fingerprint density at radius 3 is 1.90 bits per heavy atom. The monoisotopic (exact) mass is 464 g/mol. The lowest BCUT2D eigenvalue weighted by atomic mass is 9.99. The standard InChI is InChI=1S/C22H24O7S2/c1-2-31(30)22-19(29-21(26)15-11-7-4-8-12-15)18(17(24)16(13-23)27-22)28-20(25)14-9-5-3-6-10-14/h3-12,16-19,22-24H,2,13H2,1H3/t16?,17-,18?,19?,22-,31?/m0/s1. The maximum atomic E-state index is 12.7. The van der Waals surface area contributed by atoms with E-state index >= 15 is 0 Å². The molecule has 9 heteroatoms. The van der Waals surface area contributed by atoms with Crippen LogP contribution in [0.15, 0.2) is 60.7 Å². The molecule has 0 spiro atoms. The van der Waals surface area contributed by atoms with Crippen LogP contribution in [0.1, 0.15) is 27.6 Å². The number of esters is 2. The maximum Gasteiger partial charge on any atom is 0.338 e. The molecule has 0 radical (unpaired) electrons. The van der Waals surface area contributed by atoms with E-state index < -0.39 is 57.9 Å². The zero-order chi connectivity index (χ0) is 22.4. The van der Waals surface area contributed by atoms with Crippen LogP contribution < -0.4 is 0 Å². The molecule has 0 amide bonds. The molecule has 166 valence electrons. The summed E-state index contributed by atoms with van der Waals surface area (Å²) in [5, 5.41) is 20.5. The fourth-order valence-electron chi connectivity index (χ4n) is 3.21. The SMILES string of the molecule is CCS(=S)[C@@H]1OC(CO)[C@H](O)C(OC(=O)c2ccccc2)C1OC(=O)c1ccccc1. The summed E-state index contributed by atoms with van der Waals surface area (Å²) in [6.07, 6.45) is -4.85. The second-order valence-corrected chi connectivity index (χ2v) is 9.95. The third-order valence-electron chi connectivity index (χ3n) is 4.85. The van der Waals surface area contributed by atoms with E-state index in [2.05, 4.69) is 0 Å². The molecule has 1 fully saturated rings. The zero-order valence-electron chi connectivity index (χ0n) is 16.8. The highest BCUT2D eigenvalue weighted by atomic mass is 32.8. The van der Waals surface area contributed by atoms with E-state index in [-0.39, 0.29) is 5.56 Å². The normalized spacial score (nSPS) is 26.6. The van der Waals surface area contributed by atoms with Crippen LogP contribution in [0, 0.1) is 0 Å². The predicted molar refractivity (Wildman–Crippen MR) is 118 cm³/mol. The van der Waals surface area contributed by atoms with Crippen molar-refractivity contribution in [1.82, 2.24) is 0 Å². The van der Waals surface area contributed by atoms with Gasteiger partial charge in [-0.25, -0.2) is 9.59 Å². The first-order valence-corrected chi connectivity index (χ1v) is 12.2. The molecular weight excluding hydrogens is 440 g/mol. The number of ether oxygens (including phenoxy) is 3. The summed E-state index contributed by atoms with van der Waals surface area (Å²) >= 11 is 5.51. The van der Waals surface area contributed by atoms with Gasteiger partial charge in [0.05, 0.1) is 17.7 Å². The van der Waals surface area contributed by atoms with Gasteiger partial charge in [0, 0.05) is 0 Å². The summed E-state index contributed by atoms with van der Waals surface area (Å²) in [6.45, 7) is 1.35. The first-order chi connectivity index (χ1) is 15.0. The Bertz CT molecular complexity index is 907. The molecule has 4 unspecified atom stereocenters. The molecule has 0 aliphatic carbocycles. The summed E-state index contributed by atoms with van der Waals surface area (Å²) in [4.78, 5) is 25.4. The Morgan fingerprint density at radius 1 is 0.968 bits per heavy atom.